The number of carbonyl (C=O) groups excluding carboxylic acids is 3. The number of unbranched alkanes of at least 4 members (excludes halogenated alkanes) is 8. The van der Waals surface area contributed by atoms with Crippen molar-refractivity contribution in [1.29, 1.82) is 0 Å². The van der Waals surface area contributed by atoms with Crippen LogP contribution in [0.25, 0.3) is 0 Å². The molecule has 5 nitrogen and oxygen atoms in total. The van der Waals surface area contributed by atoms with E-state index in [9.17, 15) is 14.4 Å². The van der Waals surface area contributed by atoms with Crippen LogP contribution in [-0.2, 0) is 23.9 Å². The van der Waals surface area contributed by atoms with Crippen molar-refractivity contribution in [2.24, 2.45) is 34.0 Å². The topological polar surface area (TPSA) is 69.7 Å². The van der Waals surface area contributed by atoms with E-state index in [1.807, 2.05) is 0 Å². The molecule has 0 aliphatic heterocycles. The minimum absolute atomic E-state index is 0.0380. The maximum absolute atomic E-state index is 13.2. The van der Waals surface area contributed by atoms with Gasteiger partial charge in [-0.05, 0) is 98.2 Å². The van der Waals surface area contributed by atoms with E-state index in [-0.39, 0.29) is 28.2 Å². The number of aldehydes is 1. The third kappa shape index (κ3) is 19.0. The number of carbonyl (C=O) groups is 3. The smallest absolute Gasteiger partial charge is 0.305 e. The second kappa shape index (κ2) is 25.6. The van der Waals surface area contributed by atoms with Gasteiger partial charge in [0.15, 0.2) is 0 Å². The molecule has 51 heavy (non-hydrogen) atoms. The van der Waals surface area contributed by atoms with Crippen LogP contribution in [0.5, 0.6) is 0 Å². The van der Waals surface area contributed by atoms with E-state index in [0.29, 0.717) is 50.2 Å². The number of hydrogen-bond acceptors (Lipinski definition) is 5. The van der Waals surface area contributed by atoms with E-state index in [2.05, 4.69) is 41.5 Å². The van der Waals surface area contributed by atoms with Gasteiger partial charge >= 0.3 is 11.9 Å². The molecular formula is C46H84O5. The van der Waals surface area contributed by atoms with E-state index in [4.69, 9.17) is 9.47 Å². The Bertz CT molecular complexity index is 926. The van der Waals surface area contributed by atoms with E-state index in [1.54, 1.807) is 0 Å². The first-order chi connectivity index (χ1) is 24.5. The summed E-state index contributed by atoms with van der Waals surface area (Å²) < 4.78 is 11.8. The highest BCUT2D eigenvalue weighted by Crippen LogP contribution is 2.64. The Balaban J connectivity index is 1.96. The number of fused-ring (bicyclic) bond motifs is 2. The molecule has 5 heteroatoms. The van der Waals surface area contributed by atoms with Crippen molar-refractivity contribution >= 4 is 18.2 Å². The Morgan fingerprint density at radius 2 is 1.00 bits per heavy atom. The predicted molar refractivity (Wildman–Crippen MR) is 214 cm³/mol. The van der Waals surface area contributed by atoms with Gasteiger partial charge in [0.2, 0.25) is 0 Å². The molecule has 0 aromatic rings. The second-order valence-corrected chi connectivity index (χ2v) is 18.4. The lowest BCUT2D eigenvalue weighted by Gasteiger charge is -2.58. The normalized spacial score (nSPS) is 24.6. The van der Waals surface area contributed by atoms with Gasteiger partial charge in [0.1, 0.15) is 6.29 Å². The Morgan fingerprint density at radius 1 is 0.588 bits per heavy atom. The summed E-state index contributed by atoms with van der Waals surface area (Å²) in [5.74, 6) is 1.82. The Labute approximate surface area is 316 Å². The van der Waals surface area contributed by atoms with Gasteiger partial charge in [-0.15, -0.1) is 0 Å². The minimum atomic E-state index is -0.0412. The fraction of sp³-hybridized carbons (Fsp3) is 0.935. The van der Waals surface area contributed by atoms with Crippen molar-refractivity contribution < 1.29 is 23.9 Å². The van der Waals surface area contributed by atoms with E-state index in [0.717, 1.165) is 70.5 Å². The van der Waals surface area contributed by atoms with Crippen LogP contribution in [-0.4, -0.2) is 31.4 Å². The summed E-state index contributed by atoms with van der Waals surface area (Å²) in [5.41, 5.74) is 0.247. The summed E-state index contributed by atoms with van der Waals surface area (Å²) >= 11 is 0. The highest BCUT2D eigenvalue weighted by molar-refractivity contribution is 5.69. The Hall–Kier alpha value is -1.39. The molecule has 0 saturated heterocycles. The lowest BCUT2D eigenvalue weighted by atomic mass is 9.47. The zero-order valence-corrected chi connectivity index (χ0v) is 34.8. The second-order valence-electron chi connectivity index (χ2n) is 18.4. The summed E-state index contributed by atoms with van der Waals surface area (Å²) in [7, 11) is 0. The van der Waals surface area contributed by atoms with Gasteiger partial charge in [-0.25, -0.2) is 0 Å². The molecule has 0 heterocycles. The van der Waals surface area contributed by atoms with Crippen LogP contribution < -0.4 is 0 Å². The summed E-state index contributed by atoms with van der Waals surface area (Å²) in [4.78, 5) is 37.7. The minimum Gasteiger partial charge on any atom is -0.466 e. The fourth-order valence-electron chi connectivity index (χ4n) is 10.6. The quantitative estimate of drug-likeness (QED) is 0.0406. The van der Waals surface area contributed by atoms with Crippen molar-refractivity contribution in [2.45, 2.75) is 228 Å². The molecule has 2 aliphatic carbocycles. The zero-order valence-electron chi connectivity index (χ0n) is 34.8. The van der Waals surface area contributed by atoms with Crippen LogP contribution in [0.4, 0.5) is 0 Å². The predicted octanol–water partition coefficient (Wildman–Crippen LogP) is 13.5. The van der Waals surface area contributed by atoms with Gasteiger partial charge in [-0.1, -0.05) is 144 Å². The molecule has 4 unspecified atom stereocenters. The number of hydrogen-bond donors (Lipinski definition) is 0. The standard InChI is InChI=1S/C46H84O5/c1-7-11-15-20-39(21-16-12-8-2)26-32-50-42(48)24-29-45(6)35-41-34-44(5,28-19-31-47)37-46(36-41,38-45)30-25-43(49)51-33-27-40(22-17-13-9-3)23-18-14-10-4/h31,39-41H,7-30,32-38H2,1-6H3. The molecule has 0 amide bonds. The van der Waals surface area contributed by atoms with Crippen molar-refractivity contribution in [1.82, 2.24) is 0 Å². The van der Waals surface area contributed by atoms with Crippen molar-refractivity contribution in [3.05, 3.63) is 0 Å². The molecule has 0 N–H and O–H groups in total. The Morgan fingerprint density at radius 3 is 1.41 bits per heavy atom. The molecule has 2 saturated carbocycles. The summed E-state index contributed by atoms with van der Waals surface area (Å²) in [6.07, 6.45) is 33.1. The fourth-order valence-corrected chi connectivity index (χ4v) is 10.6. The number of ether oxygens (including phenoxy) is 2. The maximum atomic E-state index is 13.2. The highest BCUT2D eigenvalue weighted by atomic mass is 16.5. The monoisotopic (exact) mass is 717 g/mol. The maximum Gasteiger partial charge on any atom is 0.305 e. The highest BCUT2D eigenvalue weighted by Gasteiger charge is 2.53. The SMILES string of the molecule is CCCCCC(CCCCC)CCOC(=O)CCC1(C)CC2CC(C)(CCC=O)CC(CCC(=O)OCCC(CCCCC)CCCCC)(C2)C1. The van der Waals surface area contributed by atoms with Gasteiger partial charge < -0.3 is 14.3 Å². The first kappa shape index (κ1) is 45.8. The van der Waals surface area contributed by atoms with Crippen molar-refractivity contribution in [3.8, 4) is 0 Å². The average Bonchev–Trinajstić information content (AvgIpc) is 3.08. The molecule has 2 bridgehead atoms. The first-order valence-corrected chi connectivity index (χ1v) is 22.3. The van der Waals surface area contributed by atoms with Crippen LogP contribution in [0, 0.1) is 34.0 Å². The van der Waals surface area contributed by atoms with Crippen molar-refractivity contribution in [2.75, 3.05) is 13.2 Å². The van der Waals surface area contributed by atoms with E-state index >= 15 is 0 Å². The molecule has 2 rings (SSSR count). The van der Waals surface area contributed by atoms with Crippen molar-refractivity contribution in [3.63, 3.8) is 0 Å². The van der Waals surface area contributed by atoms with Gasteiger partial charge in [-0.2, -0.15) is 0 Å². The largest absolute Gasteiger partial charge is 0.466 e. The molecule has 0 aromatic heterocycles. The molecule has 2 fully saturated rings. The summed E-state index contributed by atoms with van der Waals surface area (Å²) in [6, 6.07) is 0. The number of rotatable bonds is 31. The number of esters is 2. The third-order valence-corrected chi connectivity index (χ3v) is 13.0. The van der Waals surface area contributed by atoms with Gasteiger partial charge in [0.05, 0.1) is 13.2 Å². The van der Waals surface area contributed by atoms with Crippen LogP contribution in [0.1, 0.15) is 228 Å². The molecule has 4 atom stereocenters. The van der Waals surface area contributed by atoms with Crippen LogP contribution in [0.3, 0.4) is 0 Å². The zero-order chi connectivity index (χ0) is 37.4. The molecule has 0 spiro atoms. The summed E-state index contributed by atoms with van der Waals surface area (Å²) in [6.45, 7) is 14.9. The van der Waals surface area contributed by atoms with Crippen LogP contribution >= 0.6 is 0 Å². The summed E-state index contributed by atoms with van der Waals surface area (Å²) in [5, 5.41) is 0. The van der Waals surface area contributed by atoms with Crippen LogP contribution in [0.15, 0.2) is 0 Å². The Kier molecular flexibility index (Phi) is 23.0. The lowest BCUT2D eigenvalue weighted by Crippen LogP contribution is -2.48. The van der Waals surface area contributed by atoms with E-state index < -0.39 is 0 Å². The lowest BCUT2D eigenvalue weighted by molar-refractivity contribution is -0.147. The molecule has 298 valence electrons. The van der Waals surface area contributed by atoms with Gasteiger partial charge in [0.25, 0.3) is 0 Å². The molecule has 2 aliphatic rings. The van der Waals surface area contributed by atoms with E-state index in [1.165, 1.54) is 103 Å². The van der Waals surface area contributed by atoms with Crippen LogP contribution in [0.2, 0.25) is 0 Å². The molecule has 0 radical (unpaired) electrons. The third-order valence-electron chi connectivity index (χ3n) is 13.0. The van der Waals surface area contributed by atoms with Gasteiger partial charge in [0, 0.05) is 19.3 Å². The first-order valence-electron chi connectivity index (χ1n) is 22.3. The molecule has 0 aromatic carbocycles. The molecular weight excluding hydrogens is 633 g/mol. The average molecular weight is 717 g/mol. The van der Waals surface area contributed by atoms with Gasteiger partial charge in [-0.3, -0.25) is 9.59 Å².